The third-order valence-corrected chi connectivity index (χ3v) is 2.70. The average Bonchev–Trinajstić information content (AvgIpc) is 2.47. The molecule has 0 aromatic carbocycles. The van der Waals surface area contributed by atoms with Crippen LogP contribution in [0.15, 0.2) is 18.3 Å². The van der Waals surface area contributed by atoms with Crippen LogP contribution in [-0.2, 0) is 16.0 Å². The van der Waals surface area contributed by atoms with E-state index in [-0.39, 0.29) is 6.10 Å². The molecule has 6 heteroatoms. The van der Waals surface area contributed by atoms with Crippen molar-refractivity contribution in [1.29, 1.82) is 0 Å². The second-order valence-corrected chi connectivity index (χ2v) is 4.99. The molecule has 0 aliphatic rings. The first-order valence-electron chi connectivity index (χ1n) is 7.19. The molecule has 1 unspecified atom stereocenters. The lowest BCUT2D eigenvalue weighted by Gasteiger charge is -2.13. The Kier molecular flexibility index (Phi) is 8.93. The number of hydrogen-bond acceptors (Lipinski definition) is 6. The molecule has 120 valence electrons. The highest BCUT2D eigenvalue weighted by Gasteiger charge is 2.04. The lowest BCUT2D eigenvalue weighted by molar-refractivity contribution is -0.0100. The number of pyridine rings is 1. The van der Waals surface area contributed by atoms with Crippen LogP contribution < -0.4 is 10.1 Å². The first-order valence-corrected chi connectivity index (χ1v) is 7.19. The Morgan fingerprint density at radius 2 is 2.10 bits per heavy atom. The number of methoxy groups -OCH3 is 1. The zero-order valence-corrected chi connectivity index (χ0v) is 13.0. The van der Waals surface area contributed by atoms with Crippen LogP contribution in [0.1, 0.15) is 19.4 Å². The second-order valence-electron chi connectivity index (χ2n) is 4.99. The van der Waals surface area contributed by atoms with Crippen LogP contribution in [0.25, 0.3) is 0 Å². The van der Waals surface area contributed by atoms with Crippen LogP contribution >= 0.6 is 0 Å². The summed E-state index contributed by atoms with van der Waals surface area (Å²) in [6, 6.07) is 3.75. The SMILES string of the molecule is COc1ccc(CNCC(O)COCCOC(C)C)cn1. The van der Waals surface area contributed by atoms with Crippen molar-refractivity contribution in [2.45, 2.75) is 32.6 Å². The predicted octanol–water partition coefficient (Wildman–Crippen LogP) is 0.982. The number of nitrogens with zero attached hydrogens (tertiary/aromatic N) is 1. The number of ether oxygens (including phenoxy) is 3. The summed E-state index contributed by atoms with van der Waals surface area (Å²) in [5.74, 6) is 0.593. The van der Waals surface area contributed by atoms with Gasteiger partial charge in [0.1, 0.15) is 0 Å². The molecule has 0 bridgehead atoms. The Balaban J connectivity index is 2.05. The number of aliphatic hydroxyl groups excluding tert-OH is 1. The fourth-order valence-electron chi connectivity index (χ4n) is 1.64. The van der Waals surface area contributed by atoms with Crippen molar-refractivity contribution in [2.24, 2.45) is 0 Å². The van der Waals surface area contributed by atoms with Gasteiger partial charge in [0.05, 0.1) is 39.1 Å². The number of aliphatic hydroxyl groups is 1. The number of nitrogens with one attached hydrogen (secondary N) is 1. The van der Waals surface area contributed by atoms with Crippen LogP contribution in [0.4, 0.5) is 0 Å². The van der Waals surface area contributed by atoms with E-state index in [9.17, 15) is 5.11 Å². The van der Waals surface area contributed by atoms with E-state index in [1.165, 1.54) is 0 Å². The van der Waals surface area contributed by atoms with Crippen molar-refractivity contribution in [3.63, 3.8) is 0 Å². The molecule has 1 atom stereocenters. The average molecular weight is 298 g/mol. The molecule has 0 aliphatic carbocycles. The van der Waals surface area contributed by atoms with Gasteiger partial charge in [0.2, 0.25) is 5.88 Å². The maximum atomic E-state index is 9.75. The maximum absolute atomic E-state index is 9.75. The molecule has 0 saturated carbocycles. The van der Waals surface area contributed by atoms with Crippen LogP contribution in [-0.4, -0.2) is 55.8 Å². The Labute approximate surface area is 126 Å². The molecule has 0 aliphatic heterocycles. The van der Waals surface area contributed by atoms with E-state index in [4.69, 9.17) is 14.2 Å². The molecule has 1 heterocycles. The van der Waals surface area contributed by atoms with E-state index in [1.54, 1.807) is 13.3 Å². The molecule has 2 N–H and O–H groups in total. The summed E-state index contributed by atoms with van der Waals surface area (Å²) < 4.78 is 15.7. The summed E-state index contributed by atoms with van der Waals surface area (Å²) in [7, 11) is 1.59. The molecule has 1 rings (SSSR count). The molecule has 0 spiro atoms. The third kappa shape index (κ3) is 8.62. The van der Waals surface area contributed by atoms with Crippen LogP contribution in [0.2, 0.25) is 0 Å². The summed E-state index contributed by atoms with van der Waals surface area (Å²) in [5.41, 5.74) is 1.04. The molecule has 21 heavy (non-hydrogen) atoms. The number of rotatable bonds is 11. The lowest BCUT2D eigenvalue weighted by Crippen LogP contribution is -2.30. The van der Waals surface area contributed by atoms with Gasteiger partial charge in [-0.1, -0.05) is 6.07 Å². The summed E-state index contributed by atoms with van der Waals surface area (Å²) >= 11 is 0. The Morgan fingerprint density at radius 1 is 1.29 bits per heavy atom. The van der Waals surface area contributed by atoms with Gasteiger partial charge in [-0.15, -0.1) is 0 Å². The van der Waals surface area contributed by atoms with E-state index in [0.717, 1.165) is 5.56 Å². The second kappa shape index (κ2) is 10.5. The van der Waals surface area contributed by atoms with E-state index in [0.29, 0.717) is 38.8 Å². The third-order valence-electron chi connectivity index (χ3n) is 2.70. The smallest absolute Gasteiger partial charge is 0.212 e. The van der Waals surface area contributed by atoms with Crippen molar-refractivity contribution in [2.75, 3.05) is 33.5 Å². The molecule has 0 fully saturated rings. The van der Waals surface area contributed by atoms with Crippen LogP contribution in [0.3, 0.4) is 0 Å². The first-order chi connectivity index (χ1) is 10.1. The van der Waals surface area contributed by atoms with Gasteiger partial charge in [-0.3, -0.25) is 0 Å². The zero-order valence-electron chi connectivity index (χ0n) is 13.0. The molecule has 6 nitrogen and oxygen atoms in total. The molecule has 1 aromatic rings. The van der Waals surface area contributed by atoms with Crippen molar-refractivity contribution in [1.82, 2.24) is 10.3 Å². The lowest BCUT2D eigenvalue weighted by atomic mass is 10.2. The molecule has 0 saturated heterocycles. The number of hydrogen-bond donors (Lipinski definition) is 2. The van der Waals surface area contributed by atoms with Gasteiger partial charge in [-0.2, -0.15) is 0 Å². The highest BCUT2D eigenvalue weighted by molar-refractivity contribution is 5.17. The highest BCUT2D eigenvalue weighted by Crippen LogP contribution is 2.06. The quantitative estimate of drug-likeness (QED) is 0.593. The molecular formula is C15H26N2O4. The van der Waals surface area contributed by atoms with Gasteiger partial charge in [-0.05, 0) is 19.4 Å². The van der Waals surface area contributed by atoms with E-state index < -0.39 is 6.10 Å². The van der Waals surface area contributed by atoms with Crippen molar-refractivity contribution in [3.8, 4) is 5.88 Å². The van der Waals surface area contributed by atoms with Gasteiger partial charge in [-0.25, -0.2) is 4.98 Å². The summed E-state index contributed by atoms with van der Waals surface area (Å²) in [6.07, 6.45) is 1.42. The highest BCUT2D eigenvalue weighted by atomic mass is 16.5. The zero-order chi connectivity index (χ0) is 15.5. The largest absolute Gasteiger partial charge is 0.481 e. The van der Waals surface area contributed by atoms with Gasteiger partial charge in [0.25, 0.3) is 0 Å². The standard InChI is InChI=1S/C15H26N2O4/c1-12(2)21-7-6-20-11-14(18)10-16-8-13-4-5-15(19-3)17-9-13/h4-5,9,12,14,16,18H,6-8,10-11H2,1-3H3. The first kappa shape index (κ1) is 17.8. The van der Waals surface area contributed by atoms with Crippen LogP contribution in [0.5, 0.6) is 5.88 Å². The van der Waals surface area contributed by atoms with Gasteiger partial charge in [0.15, 0.2) is 0 Å². The molecule has 0 amide bonds. The van der Waals surface area contributed by atoms with Crippen molar-refractivity contribution in [3.05, 3.63) is 23.9 Å². The van der Waals surface area contributed by atoms with Gasteiger partial charge >= 0.3 is 0 Å². The number of aromatic nitrogens is 1. The molecule has 1 aromatic heterocycles. The maximum Gasteiger partial charge on any atom is 0.212 e. The Morgan fingerprint density at radius 3 is 2.71 bits per heavy atom. The minimum atomic E-state index is -0.532. The summed E-state index contributed by atoms with van der Waals surface area (Å²) in [4.78, 5) is 4.12. The minimum absolute atomic E-state index is 0.207. The van der Waals surface area contributed by atoms with Gasteiger partial charge in [0, 0.05) is 25.4 Å². The minimum Gasteiger partial charge on any atom is -0.481 e. The van der Waals surface area contributed by atoms with E-state index in [2.05, 4.69) is 10.3 Å². The van der Waals surface area contributed by atoms with Gasteiger partial charge < -0.3 is 24.6 Å². The molecular weight excluding hydrogens is 272 g/mol. The van der Waals surface area contributed by atoms with E-state index >= 15 is 0 Å². The molecule has 0 radical (unpaired) electrons. The van der Waals surface area contributed by atoms with Crippen LogP contribution in [0, 0.1) is 0 Å². The monoisotopic (exact) mass is 298 g/mol. The fourth-order valence-corrected chi connectivity index (χ4v) is 1.64. The van der Waals surface area contributed by atoms with Crippen molar-refractivity contribution < 1.29 is 19.3 Å². The Bertz CT molecular complexity index is 370. The fraction of sp³-hybridized carbons (Fsp3) is 0.667. The van der Waals surface area contributed by atoms with Crippen molar-refractivity contribution >= 4 is 0 Å². The predicted molar refractivity (Wildman–Crippen MR) is 80.4 cm³/mol. The van der Waals surface area contributed by atoms with E-state index in [1.807, 2.05) is 26.0 Å². The summed E-state index contributed by atoms with van der Waals surface area (Å²) in [6.45, 7) is 6.42. The topological polar surface area (TPSA) is 72.8 Å². The summed E-state index contributed by atoms with van der Waals surface area (Å²) in [5, 5.41) is 12.9. The Hall–Kier alpha value is -1.21. The normalized spacial score (nSPS) is 12.6.